The van der Waals surface area contributed by atoms with E-state index in [4.69, 9.17) is 4.74 Å². The second kappa shape index (κ2) is 7.76. The summed E-state index contributed by atoms with van der Waals surface area (Å²) in [6.07, 6.45) is 5.59. The van der Waals surface area contributed by atoms with Crippen LogP contribution in [0.25, 0.3) is 0 Å². The monoisotopic (exact) mass is 347 g/mol. The van der Waals surface area contributed by atoms with E-state index in [0.717, 1.165) is 25.7 Å². The quantitative estimate of drug-likeness (QED) is 0.607. The van der Waals surface area contributed by atoms with E-state index in [9.17, 15) is 18.8 Å². The summed E-state index contributed by atoms with van der Waals surface area (Å²) in [6.45, 7) is -0.00828. The molecule has 1 atom stereocenters. The SMILES string of the molecule is O=C(COC(=O)[C@H]1CC(=O)N(C2CCCCC2)C1)c1ccc(F)cc1. The molecule has 25 heavy (non-hydrogen) atoms. The number of ether oxygens (including phenoxy) is 1. The molecule has 0 spiro atoms. The molecule has 3 rings (SSSR count). The van der Waals surface area contributed by atoms with Crippen molar-refractivity contribution in [3.63, 3.8) is 0 Å². The molecule has 1 heterocycles. The number of hydrogen-bond donors (Lipinski definition) is 0. The minimum Gasteiger partial charge on any atom is -0.457 e. The lowest BCUT2D eigenvalue weighted by molar-refractivity contribution is -0.147. The largest absolute Gasteiger partial charge is 0.457 e. The third-order valence-electron chi connectivity index (χ3n) is 5.02. The second-order valence-corrected chi connectivity index (χ2v) is 6.78. The average molecular weight is 347 g/mol. The first-order chi connectivity index (χ1) is 12.0. The van der Waals surface area contributed by atoms with E-state index in [0.29, 0.717) is 12.1 Å². The molecular formula is C19H22FNO4. The molecular weight excluding hydrogens is 325 g/mol. The molecule has 2 fully saturated rings. The first-order valence-electron chi connectivity index (χ1n) is 8.79. The van der Waals surface area contributed by atoms with Crippen LogP contribution in [0.4, 0.5) is 4.39 Å². The molecule has 1 aromatic carbocycles. The van der Waals surface area contributed by atoms with Crippen LogP contribution in [0, 0.1) is 11.7 Å². The van der Waals surface area contributed by atoms with Gasteiger partial charge < -0.3 is 9.64 Å². The number of carbonyl (C=O) groups excluding carboxylic acids is 3. The number of ketones is 1. The van der Waals surface area contributed by atoms with Crippen LogP contribution in [0.15, 0.2) is 24.3 Å². The standard InChI is InChI=1S/C19H22FNO4/c20-15-8-6-13(7-9-15)17(22)12-25-19(24)14-10-18(23)21(11-14)16-4-2-1-3-5-16/h6-9,14,16H,1-5,10-12H2/t14-/m0/s1. The van der Waals surface area contributed by atoms with E-state index in [1.807, 2.05) is 4.90 Å². The van der Waals surface area contributed by atoms with E-state index in [1.165, 1.54) is 30.7 Å². The van der Waals surface area contributed by atoms with Crippen LogP contribution < -0.4 is 0 Å². The number of nitrogens with zero attached hydrogens (tertiary/aromatic N) is 1. The Morgan fingerprint density at radius 3 is 2.48 bits per heavy atom. The van der Waals surface area contributed by atoms with Crippen molar-refractivity contribution in [1.29, 1.82) is 0 Å². The van der Waals surface area contributed by atoms with Crippen molar-refractivity contribution < 1.29 is 23.5 Å². The van der Waals surface area contributed by atoms with Gasteiger partial charge in [-0.3, -0.25) is 14.4 Å². The normalized spacial score (nSPS) is 21.4. The fraction of sp³-hybridized carbons (Fsp3) is 0.526. The third-order valence-corrected chi connectivity index (χ3v) is 5.02. The Morgan fingerprint density at radius 2 is 1.80 bits per heavy atom. The highest BCUT2D eigenvalue weighted by atomic mass is 19.1. The summed E-state index contributed by atoms with van der Waals surface area (Å²) in [4.78, 5) is 38.2. The van der Waals surface area contributed by atoms with E-state index in [2.05, 4.69) is 0 Å². The van der Waals surface area contributed by atoms with Crippen LogP contribution in [-0.2, 0) is 14.3 Å². The van der Waals surface area contributed by atoms with Crippen LogP contribution in [-0.4, -0.2) is 41.8 Å². The fourth-order valence-corrected chi connectivity index (χ4v) is 3.61. The summed E-state index contributed by atoms with van der Waals surface area (Å²) in [6, 6.07) is 5.32. The highest BCUT2D eigenvalue weighted by Crippen LogP contribution is 2.29. The van der Waals surface area contributed by atoms with Crippen molar-refractivity contribution in [2.24, 2.45) is 5.92 Å². The zero-order valence-electron chi connectivity index (χ0n) is 14.1. The lowest BCUT2D eigenvalue weighted by atomic mass is 9.94. The summed E-state index contributed by atoms with van der Waals surface area (Å²) in [5.74, 6) is -1.83. The fourth-order valence-electron chi connectivity index (χ4n) is 3.61. The van der Waals surface area contributed by atoms with Crippen molar-refractivity contribution in [1.82, 2.24) is 4.90 Å². The predicted molar refractivity (Wildman–Crippen MR) is 88.4 cm³/mol. The second-order valence-electron chi connectivity index (χ2n) is 6.78. The molecule has 6 heteroatoms. The van der Waals surface area contributed by atoms with Gasteiger partial charge in [-0.15, -0.1) is 0 Å². The minimum atomic E-state index is -0.512. The Balaban J connectivity index is 1.50. The highest BCUT2D eigenvalue weighted by molar-refractivity contribution is 5.98. The van der Waals surface area contributed by atoms with Gasteiger partial charge in [0.25, 0.3) is 0 Å². The van der Waals surface area contributed by atoms with Gasteiger partial charge in [-0.05, 0) is 37.1 Å². The predicted octanol–water partition coefficient (Wildman–Crippen LogP) is 2.73. The van der Waals surface area contributed by atoms with Gasteiger partial charge >= 0.3 is 5.97 Å². The average Bonchev–Trinajstić information content (AvgIpc) is 3.02. The first-order valence-corrected chi connectivity index (χ1v) is 8.79. The van der Waals surface area contributed by atoms with Crippen LogP contribution in [0.2, 0.25) is 0 Å². The van der Waals surface area contributed by atoms with E-state index in [1.54, 1.807) is 0 Å². The van der Waals surface area contributed by atoms with E-state index >= 15 is 0 Å². The van der Waals surface area contributed by atoms with Crippen LogP contribution in [0.3, 0.4) is 0 Å². The van der Waals surface area contributed by atoms with Gasteiger partial charge in [-0.2, -0.15) is 0 Å². The van der Waals surface area contributed by atoms with Gasteiger partial charge in [0.15, 0.2) is 12.4 Å². The lowest BCUT2D eigenvalue weighted by Crippen LogP contribution is -2.38. The molecule has 0 bridgehead atoms. The Labute approximate surface area is 146 Å². The Morgan fingerprint density at radius 1 is 1.12 bits per heavy atom. The molecule has 1 aliphatic heterocycles. The first kappa shape index (κ1) is 17.6. The van der Waals surface area contributed by atoms with Crippen LogP contribution in [0.1, 0.15) is 48.9 Å². The molecule has 0 unspecified atom stereocenters. The maximum Gasteiger partial charge on any atom is 0.311 e. The lowest BCUT2D eigenvalue weighted by Gasteiger charge is -2.31. The van der Waals surface area contributed by atoms with Gasteiger partial charge in [0.05, 0.1) is 5.92 Å². The van der Waals surface area contributed by atoms with Gasteiger partial charge in [-0.25, -0.2) is 4.39 Å². The van der Waals surface area contributed by atoms with Crippen molar-refractivity contribution in [3.8, 4) is 0 Å². The summed E-state index contributed by atoms with van der Waals surface area (Å²) in [5, 5.41) is 0. The van der Waals surface area contributed by atoms with Crippen LogP contribution in [0.5, 0.6) is 0 Å². The van der Waals surface area contributed by atoms with Crippen molar-refractivity contribution in [2.75, 3.05) is 13.2 Å². The molecule has 1 amide bonds. The molecule has 1 saturated carbocycles. The molecule has 5 nitrogen and oxygen atoms in total. The molecule has 1 aromatic rings. The highest BCUT2D eigenvalue weighted by Gasteiger charge is 2.39. The molecule has 0 aromatic heterocycles. The summed E-state index contributed by atoms with van der Waals surface area (Å²) >= 11 is 0. The number of Topliss-reactive ketones (excluding diaryl/α,β-unsaturated/α-hetero) is 1. The zero-order valence-corrected chi connectivity index (χ0v) is 14.1. The van der Waals surface area contributed by atoms with Gasteiger partial charge in [0.1, 0.15) is 5.82 Å². The maximum atomic E-state index is 12.9. The van der Waals surface area contributed by atoms with Crippen LogP contribution >= 0.6 is 0 Å². The number of rotatable bonds is 5. The van der Waals surface area contributed by atoms with Gasteiger partial charge in [0, 0.05) is 24.6 Å². The summed E-state index contributed by atoms with van der Waals surface area (Å²) < 4.78 is 18.0. The number of amides is 1. The van der Waals surface area contributed by atoms with E-state index in [-0.39, 0.29) is 24.2 Å². The molecule has 134 valence electrons. The van der Waals surface area contributed by atoms with Crippen molar-refractivity contribution >= 4 is 17.7 Å². The smallest absolute Gasteiger partial charge is 0.311 e. The summed E-state index contributed by atoms with van der Waals surface area (Å²) in [5.41, 5.74) is 0.292. The maximum absolute atomic E-state index is 12.9. The zero-order chi connectivity index (χ0) is 17.8. The molecule has 1 aliphatic carbocycles. The number of carbonyl (C=O) groups is 3. The third kappa shape index (κ3) is 4.24. The molecule has 0 radical (unpaired) electrons. The number of likely N-dealkylation sites (tertiary alicyclic amines) is 1. The van der Waals surface area contributed by atoms with Crippen molar-refractivity contribution in [3.05, 3.63) is 35.6 Å². The minimum absolute atomic E-state index is 0.00119. The van der Waals surface area contributed by atoms with Crippen molar-refractivity contribution in [2.45, 2.75) is 44.6 Å². The number of esters is 1. The molecule has 0 N–H and O–H groups in total. The number of halogens is 1. The molecule has 2 aliphatic rings. The van der Waals surface area contributed by atoms with Gasteiger partial charge in [-0.1, -0.05) is 19.3 Å². The summed E-state index contributed by atoms with van der Waals surface area (Å²) in [7, 11) is 0. The topological polar surface area (TPSA) is 63.7 Å². The van der Waals surface area contributed by atoms with Gasteiger partial charge in [0.2, 0.25) is 5.91 Å². The molecule has 1 saturated heterocycles. The Bertz CT molecular complexity index is 652. The number of benzene rings is 1. The van der Waals surface area contributed by atoms with E-state index < -0.39 is 24.3 Å². The Hall–Kier alpha value is -2.24. The number of hydrogen-bond acceptors (Lipinski definition) is 4. The Kier molecular flexibility index (Phi) is 5.46.